The molecular weight excluding hydrogens is 724 g/mol. The molecule has 57 heavy (non-hydrogen) atoms. The molecule has 0 spiro atoms. The normalized spacial score (nSPS) is 10.9. The van der Waals surface area contributed by atoms with Crippen LogP contribution in [0.2, 0.25) is 5.15 Å². The highest BCUT2D eigenvalue weighted by Crippen LogP contribution is 2.38. The lowest BCUT2D eigenvalue weighted by Crippen LogP contribution is -2.12. The van der Waals surface area contributed by atoms with Crippen LogP contribution in [-0.2, 0) is 0 Å². The Balaban J connectivity index is 0.000000174. The lowest BCUT2D eigenvalue weighted by molar-refractivity contribution is 0.664. The van der Waals surface area contributed by atoms with E-state index in [1.165, 1.54) is 16.2 Å². The van der Waals surface area contributed by atoms with Gasteiger partial charge in [-0.2, -0.15) is 0 Å². The van der Waals surface area contributed by atoms with Gasteiger partial charge in [0.1, 0.15) is 22.6 Å². The fourth-order valence-electron chi connectivity index (χ4n) is 6.20. The molecule has 8 rings (SSSR count). The van der Waals surface area contributed by atoms with Crippen LogP contribution in [0.1, 0.15) is 39.3 Å². The first-order chi connectivity index (χ1) is 27.6. The van der Waals surface area contributed by atoms with E-state index in [1.54, 1.807) is 24.8 Å². The molecule has 0 unspecified atom stereocenters. The molecular formula is C48H49ClN8. The van der Waals surface area contributed by atoms with E-state index in [1.807, 2.05) is 50.2 Å². The highest BCUT2D eigenvalue weighted by Gasteiger charge is 2.18. The Morgan fingerprint density at radius 2 is 0.965 bits per heavy atom. The summed E-state index contributed by atoms with van der Waals surface area (Å²) in [7, 11) is 0. The minimum atomic E-state index is 0.463. The largest absolute Gasteiger partial charge is 0.369 e. The first kappa shape index (κ1) is 40.6. The lowest BCUT2D eigenvalue weighted by Gasteiger charge is -2.17. The van der Waals surface area contributed by atoms with Crippen molar-refractivity contribution in [1.29, 1.82) is 0 Å². The second kappa shape index (κ2) is 19.2. The molecule has 8 aromatic rings. The molecule has 288 valence electrons. The van der Waals surface area contributed by atoms with E-state index in [9.17, 15) is 0 Å². The van der Waals surface area contributed by atoms with Gasteiger partial charge in [-0.25, -0.2) is 19.9 Å². The van der Waals surface area contributed by atoms with Crippen LogP contribution in [-0.4, -0.2) is 43.0 Å². The van der Waals surface area contributed by atoms with Gasteiger partial charge in [-0.15, -0.1) is 0 Å². The number of fused-ring (bicyclic) bond motifs is 2. The maximum absolute atomic E-state index is 6.50. The van der Waals surface area contributed by atoms with Crippen molar-refractivity contribution in [3.05, 3.63) is 151 Å². The number of nitrogens with zero attached hydrogens (tertiary/aromatic N) is 6. The van der Waals surface area contributed by atoms with Crippen LogP contribution in [0.4, 0.5) is 5.82 Å². The summed E-state index contributed by atoms with van der Waals surface area (Å²) in [6.45, 7) is 14.0. The molecule has 9 heteroatoms. The van der Waals surface area contributed by atoms with E-state index in [0.717, 1.165) is 74.9 Å². The molecule has 0 aliphatic rings. The predicted molar refractivity (Wildman–Crippen MR) is 238 cm³/mol. The monoisotopic (exact) mass is 772 g/mol. The molecule has 0 radical (unpaired) electrons. The van der Waals surface area contributed by atoms with Crippen LogP contribution < -0.4 is 11.1 Å². The lowest BCUT2D eigenvalue weighted by atomic mass is 9.97. The van der Waals surface area contributed by atoms with Gasteiger partial charge in [-0.1, -0.05) is 112 Å². The van der Waals surface area contributed by atoms with Gasteiger partial charge in [-0.3, -0.25) is 9.97 Å². The van der Waals surface area contributed by atoms with E-state index < -0.39 is 0 Å². The van der Waals surface area contributed by atoms with Gasteiger partial charge in [0.15, 0.2) is 0 Å². The second-order valence-corrected chi connectivity index (χ2v) is 15.0. The molecule has 3 N–H and O–H groups in total. The molecule has 4 heterocycles. The van der Waals surface area contributed by atoms with E-state index >= 15 is 0 Å². The summed E-state index contributed by atoms with van der Waals surface area (Å²) in [4.78, 5) is 26.8. The van der Waals surface area contributed by atoms with E-state index in [4.69, 9.17) is 27.3 Å². The molecule has 8 nitrogen and oxygen atoms in total. The molecule has 0 amide bonds. The van der Waals surface area contributed by atoms with Gasteiger partial charge in [-0.05, 0) is 101 Å². The maximum Gasteiger partial charge on any atom is 0.141 e. The number of anilines is 1. The van der Waals surface area contributed by atoms with Gasteiger partial charge in [0.2, 0.25) is 0 Å². The number of hydrogen-bond donors (Lipinski definition) is 2. The quantitative estimate of drug-likeness (QED) is 0.147. The zero-order valence-corrected chi connectivity index (χ0v) is 34.2. The van der Waals surface area contributed by atoms with Gasteiger partial charge >= 0.3 is 0 Å². The third kappa shape index (κ3) is 10.4. The minimum absolute atomic E-state index is 0.463. The maximum atomic E-state index is 6.50. The third-order valence-corrected chi connectivity index (χ3v) is 9.40. The molecule has 0 bridgehead atoms. The molecule has 0 fully saturated rings. The highest BCUT2D eigenvalue weighted by molar-refractivity contribution is 6.32. The number of benzene rings is 4. The number of nitrogens with one attached hydrogen (secondary N) is 1. The molecule has 0 saturated heterocycles. The molecule has 0 aliphatic heterocycles. The Morgan fingerprint density at radius 3 is 1.44 bits per heavy atom. The second-order valence-electron chi connectivity index (χ2n) is 14.6. The number of nitrogens with two attached hydrogens (primary N) is 1. The van der Waals surface area contributed by atoms with E-state index in [2.05, 4.69) is 126 Å². The van der Waals surface area contributed by atoms with Crippen molar-refractivity contribution in [2.75, 3.05) is 18.4 Å². The number of hydrogen-bond acceptors (Lipinski definition) is 8. The number of rotatable bonds is 8. The molecule has 0 atom stereocenters. The van der Waals surface area contributed by atoms with Gasteiger partial charge < -0.3 is 11.1 Å². The van der Waals surface area contributed by atoms with Gasteiger partial charge in [0.25, 0.3) is 0 Å². The zero-order chi connectivity index (χ0) is 40.3. The van der Waals surface area contributed by atoms with Gasteiger partial charge in [0.05, 0.1) is 17.0 Å². The Kier molecular flexibility index (Phi) is 13.6. The summed E-state index contributed by atoms with van der Waals surface area (Å²) in [6.07, 6.45) is 7.12. The molecule has 0 aliphatic carbocycles. The fraction of sp³-hybridized carbons (Fsp3) is 0.208. The summed E-state index contributed by atoms with van der Waals surface area (Å²) in [5.41, 5.74) is 12.9. The Morgan fingerprint density at radius 1 is 0.526 bits per heavy atom. The van der Waals surface area contributed by atoms with Gasteiger partial charge in [0, 0.05) is 48.0 Å². The molecule has 4 aromatic heterocycles. The minimum Gasteiger partial charge on any atom is -0.369 e. The van der Waals surface area contributed by atoms with E-state index in [-0.39, 0.29) is 0 Å². The number of aromatic nitrogens is 6. The molecule has 4 aromatic carbocycles. The first-order valence-corrected chi connectivity index (χ1v) is 19.6. The van der Waals surface area contributed by atoms with Crippen molar-refractivity contribution in [2.45, 2.75) is 41.5 Å². The van der Waals surface area contributed by atoms with Crippen molar-refractivity contribution in [2.24, 2.45) is 17.6 Å². The van der Waals surface area contributed by atoms with Crippen LogP contribution in [0.3, 0.4) is 0 Å². The summed E-state index contributed by atoms with van der Waals surface area (Å²) >= 11 is 6.50. The third-order valence-electron chi connectivity index (χ3n) is 9.13. The van der Waals surface area contributed by atoms with Crippen molar-refractivity contribution in [1.82, 2.24) is 29.9 Å². The average Bonchev–Trinajstić information content (AvgIpc) is 3.23. The summed E-state index contributed by atoms with van der Waals surface area (Å²) in [6, 6.07) is 37.3. The van der Waals surface area contributed by atoms with Crippen LogP contribution in [0.25, 0.3) is 66.3 Å². The Bertz CT molecular complexity index is 2560. The van der Waals surface area contributed by atoms with Crippen molar-refractivity contribution < 1.29 is 0 Å². The fourth-order valence-corrected chi connectivity index (χ4v) is 6.52. The van der Waals surface area contributed by atoms with Crippen molar-refractivity contribution in [3.8, 4) is 44.8 Å². The molecule has 0 saturated carbocycles. The first-order valence-electron chi connectivity index (χ1n) is 19.3. The van der Waals surface area contributed by atoms with E-state index in [0.29, 0.717) is 22.8 Å². The number of pyridine rings is 2. The SMILES string of the molecule is CC(C)CN.Cc1nc(Cl)c(-c2ccc3ccccc3c2)c(-c2ccncc2)n1.Cc1nc(NCC(C)C)c(-c2ccc3ccccc3c2)c(-c2ccncc2)n1. The number of aryl methyl sites for hydroxylation is 2. The van der Waals surface area contributed by atoms with Crippen molar-refractivity contribution >= 4 is 39.0 Å². The van der Waals surface area contributed by atoms with Crippen LogP contribution >= 0.6 is 11.6 Å². The summed E-state index contributed by atoms with van der Waals surface area (Å²) in [5.74, 6) is 3.46. The predicted octanol–water partition coefficient (Wildman–Crippen LogP) is 11.7. The Labute approximate surface area is 340 Å². The van der Waals surface area contributed by atoms with Crippen LogP contribution in [0.5, 0.6) is 0 Å². The summed E-state index contributed by atoms with van der Waals surface area (Å²) in [5, 5.41) is 8.78. The standard InChI is InChI=1S/C24H24N4.C20H14ClN3.C4H11N/c1-16(2)15-26-24-22(21-9-8-18-6-4-5-7-20(18)14-21)23(27-17(3)28-24)19-10-12-25-13-11-19;1-13-23-19(15-8-10-22-11-9-15)18(20(21)24-13)17-7-6-14-4-2-3-5-16(14)12-17;1-4(2)3-5/h4-14,16H,15H2,1-3H3,(H,26,27,28);2-12H,1H3;4H,3,5H2,1-2H3. The highest BCUT2D eigenvalue weighted by atomic mass is 35.5. The number of halogens is 1. The van der Waals surface area contributed by atoms with Crippen LogP contribution in [0.15, 0.2) is 134 Å². The smallest absolute Gasteiger partial charge is 0.141 e. The topological polar surface area (TPSA) is 115 Å². The zero-order valence-electron chi connectivity index (χ0n) is 33.4. The Hall–Kier alpha value is -6.09. The van der Waals surface area contributed by atoms with Crippen molar-refractivity contribution in [3.63, 3.8) is 0 Å². The van der Waals surface area contributed by atoms with Crippen LogP contribution in [0, 0.1) is 25.7 Å². The average molecular weight is 773 g/mol. The summed E-state index contributed by atoms with van der Waals surface area (Å²) < 4.78 is 0.